The quantitative estimate of drug-likeness (QED) is 0.145. The van der Waals surface area contributed by atoms with Crippen LogP contribution in [0.3, 0.4) is 0 Å². The van der Waals surface area contributed by atoms with Gasteiger partial charge in [0, 0.05) is 26.8 Å². The Bertz CT molecular complexity index is 3610. The molecule has 0 atom stereocenters. The standard InChI is InChI=1S/C60H39NS/c1-4-15-40(16-5-1)44-27-28-46-38-49(35-31-45(46)37-44)61(56-25-14-24-54-52-22-12-13-26-57(52)62-60(54)56)48-33-29-41(30-34-48)47-32-36-51-50-21-10-11-23-53(50)58(42-17-6-2-7-18-42)59(55(51)39-47)43-19-8-3-9-20-43/h1-39H. The Morgan fingerprint density at radius 3 is 1.52 bits per heavy atom. The molecule has 0 unspecified atom stereocenters. The Balaban J connectivity index is 1.02. The number of hydrogen-bond acceptors (Lipinski definition) is 2. The number of rotatable bonds is 7. The van der Waals surface area contributed by atoms with E-state index in [2.05, 4.69) is 241 Å². The van der Waals surface area contributed by atoms with E-state index in [0.29, 0.717) is 0 Å². The third kappa shape index (κ3) is 6.15. The molecular formula is C60H39NS. The highest BCUT2D eigenvalue weighted by molar-refractivity contribution is 7.26. The van der Waals surface area contributed by atoms with Crippen molar-refractivity contribution < 1.29 is 0 Å². The number of anilines is 3. The zero-order valence-corrected chi connectivity index (χ0v) is 34.7. The molecule has 1 heterocycles. The van der Waals surface area contributed by atoms with E-state index in [0.717, 1.165) is 11.4 Å². The molecule has 0 fully saturated rings. The summed E-state index contributed by atoms with van der Waals surface area (Å²) in [6.07, 6.45) is 0. The summed E-state index contributed by atoms with van der Waals surface area (Å²) in [5.74, 6) is 0. The molecule has 12 aromatic rings. The van der Waals surface area contributed by atoms with Crippen LogP contribution >= 0.6 is 11.3 Å². The predicted molar refractivity (Wildman–Crippen MR) is 268 cm³/mol. The van der Waals surface area contributed by atoms with Crippen LogP contribution < -0.4 is 4.90 Å². The molecule has 0 N–H and O–H groups in total. The monoisotopic (exact) mass is 805 g/mol. The number of hydrogen-bond donors (Lipinski definition) is 0. The fraction of sp³-hybridized carbons (Fsp3) is 0. The maximum absolute atomic E-state index is 2.44. The van der Waals surface area contributed by atoms with Crippen LogP contribution in [0.15, 0.2) is 237 Å². The summed E-state index contributed by atoms with van der Waals surface area (Å²) >= 11 is 1.87. The van der Waals surface area contributed by atoms with Gasteiger partial charge in [-0.25, -0.2) is 0 Å². The van der Waals surface area contributed by atoms with Crippen molar-refractivity contribution in [3.8, 4) is 44.5 Å². The lowest BCUT2D eigenvalue weighted by Gasteiger charge is -2.27. The molecule has 0 spiro atoms. The summed E-state index contributed by atoms with van der Waals surface area (Å²) in [4.78, 5) is 2.44. The first-order valence-corrected chi connectivity index (χ1v) is 22.1. The van der Waals surface area contributed by atoms with Crippen LogP contribution in [-0.2, 0) is 0 Å². The Labute approximate surface area is 365 Å². The zero-order valence-electron chi connectivity index (χ0n) is 33.9. The molecule has 0 saturated carbocycles. The van der Waals surface area contributed by atoms with Crippen molar-refractivity contribution >= 4 is 80.9 Å². The first-order valence-electron chi connectivity index (χ1n) is 21.2. The number of thiophene rings is 1. The van der Waals surface area contributed by atoms with E-state index in [1.165, 1.54) is 103 Å². The van der Waals surface area contributed by atoms with Crippen molar-refractivity contribution in [2.75, 3.05) is 4.90 Å². The third-order valence-corrected chi connectivity index (χ3v) is 13.6. The van der Waals surface area contributed by atoms with Crippen molar-refractivity contribution in [1.29, 1.82) is 0 Å². The van der Waals surface area contributed by atoms with Crippen LogP contribution in [0.1, 0.15) is 0 Å². The van der Waals surface area contributed by atoms with Gasteiger partial charge in [-0.2, -0.15) is 0 Å². The molecule has 0 amide bonds. The highest BCUT2D eigenvalue weighted by Crippen LogP contribution is 2.48. The van der Waals surface area contributed by atoms with E-state index in [9.17, 15) is 0 Å². The average Bonchev–Trinajstić information content (AvgIpc) is 3.74. The molecule has 0 radical (unpaired) electrons. The first-order chi connectivity index (χ1) is 30.7. The maximum atomic E-state index is 2.44. The van der Waals surface area contributed by atoms with Crippen molar-refractivity contribution in [1.82, 2.24) is 0 Å². The van der Waals surface area contributed by atoms with Crippen LogP contribution in [0, 0.1) is 0 Å². The fourth-order valence-corrected chi connectivity index (χ4v) is 10.7. The molecule has 1 nitrogen and oxygen atoms in total. The lowest BCUT2D eigenvalue weighted by Crippen LogP contribution is -2.10. The molecular weight excluding hydrogens is 767 g/mol. The number of fused-ring (bicyclic) bond motifs is 7. The second-order valence-electron chi connectivity index (χ2n) is 16.0. The molecule has 0 bridgehead atoms. The summed E-state index contributed by atoms with van der Waals surface area (Å²) in [6.45, 7) is 0. The minimum absolute atomic E-state index is 1.11. The van der Waals surface area contributed by atoms with Crippen molar-refractivity contribution in [3.05, 3.63) is 237 Å². The van der Waals surface area contributed by atoms with Gasteiger partial charge < -0.3 is 4.90 Å². The van der Waals surface area contributed by atoms with E-state index >= 15 is 0 Å². The van der Waals surface area contributed by atoms with Crippen molar-refractivity contribution in [2.45, 2.75) is 0 Å². The van der Waals surface area contributed by atoms with Crippen LogP contribution in [0.2, 0.25) is 0 Å². The Kier molecular flexibility index (Phi) is 8.76. The van der Waals surface area contributed by atoms with Gasteiger partial charge in [-0.15, -0.1) is 11.3 Å². The second kappa shape index (κ2) is 15.0. The van der Waals surface area contributed by atoms with Crippen LogP contribution in [-0.4, -0.2) is 0 Å². The molecule has 290 valence electrons. The van der Waals surface area contributed by atoms with Crippen LogP contribution in [0.4, 0.5) is 17.1 Å². The summed E-state index contributed by atoms with van der Waals surface area (Å²) in [6, 6.07) is 86.7. The lowest BCUT2D eigenvalue weighted by atomic mass is 9.84. The van der Waals surface area contributed by atoms with Crippen molar-refractivity contribution in [2.24, 2.45) is 0 Å². The van der Waals surface area contributed by atoms with E-state index in [1.807, 2.05) is 11.3 Å². The molecule has 11 aromatic carbocycles. The van der Waals surface area contributed by atoms with E-state index in [4.69, 9.17) is 0 Å². The van der Waals surface area contributed by atoms with Gasteiger partial charge in [-0.05, 0) is 125 Å². The highest BCUT2D eigenvalue weighted by atomic mass is 32.1. The predicted octanol–water partition coefficient (Wildman–Crippen LogP) is 17.7. The van der Waals surface area contributed by atoms with Gasteiger partial charge in [-0.1, -0.05) is 188 Å². The average molecular weight is 806 g/mol. The molecule has 62 heavy (non-hydrogen) atoms. The highest BCUT2D eigenvalue weighted by Gasteiger charge is 2.21. The number of nitrogens with zero attached hydrogens (tertiary/aromatic N) is 1. The van der Waals surface area contributed by atoms with Gasteiger partial charge in [0.1, 0.15) is 0 Å². The Morgan fingerprint density at radius 1 is 0.274 bits per heavy atom. The molecule has 0 aliphatic rings. The minimum Gasteiger partial charge on any atom is -0.309 e. The summed E-state index contributed by atoms with van der Waals surface area (Å²) in [5.41, 5.74) is 13.2. The van der Waals surface area contributed by atoms with Gasteiger partial charge in [-0.3, -0.25) is 0 Å². The van der Waals surface area contributed by atoms with E-state index in [1.54, 1.807) is 0 Å². The van der Waals surface area contributed by atoms with Crippen LogP contribution in [0.5, 0.6) is 0 Å². The smallest absolute Gasteiger partial charge is 0.0640 e. The summed E-state index contributed by atoms with van der Waals surface area (Å²) < 4.78 is 2.58. The Hall–Kier alpha value is -7.78. The van der Waals surface area contributed by atoms with Gasteiger partial charge >= 0.3 is 0 Å². The molecule has 0 aliphatic heterocycles. The van der Waals surface area contributed by atoms with Gasteiger partial charge in [0.25, 0.3) is 0 Å². The first kappa shape index (κ1) is 36.1. The molecule has 12 rings (SSSR count). The minimum atomic E-state index is 1.11. The maximum Gasteiger partial charge on any atom is 0.0640 e. The topological polar surface area (TPSA) is 3.24 Å². The van der Waals surface area contributed by atoms with Crippen molar-refractivity contribution in [3.63, 3.8) is 0 Å². The lowest BCUT2D eigenvalue weighted by molar-refractivity contribution is 1.31. The Morgan fingerprint density at radius 2 is 0.774 bits per heavy atom. The van der Waals surface area contributed by atoms with Gasteiger partial charge in [0.2, 0.25) is 0 Å². The second-order valence-corrected chi connectivity index (χ2v) is 17.1. The zero-order chi connectivity index (χ0) is 41.0. The van der Waals surface area contributed by atoms with Gasteiger partial charge in [0.15, 0.2) is 0 Å². The molecule has 2 heteroatoms. The largest absolute Gasteiger partial charge is 0.309 e. The summed E-state index contributed by atoms with van der Waals surface area (Å²) in [7, 11) is 0. The normalized spacial score (nSPS) is 11.5. The number of benzene rings is 11. The third-order valence-electron chi connectivity index (χ3n) is 12.4. The molecule has 0 aliphatic carbocycles. The van der Waals surface area contributed by atoms with Crippen LogP contribution in [0.25, 0.3) is 97.0 Å². The summed E-state index contributed by atoms with van der Waals surface area (Å²) in [5, 5.41) is 10.0. The molecule has 0 saturated heterocycles. The fourth-order valence-electron chi connectivity index (χ4n) is 9.50. The SMILES string of the molecule is c1ccc(-c2ccc3cc(N(c4ccc(-c5ccc6c(c5)c(-c5ccccc5)c(-c5ccccc5)c5ccccc56)cc4)c4cccc5c4sc4ccccc45)ccc3c2)cc1. The molecule has 1 aromatic heterocycles. The van der Waals surface area contributed by atoms with Gasteiger partial charge in [0.05, 0.1) is 10.4 Å². The van der Waals surface area contributed by atoms with E-state index < -0.39 is 0 Å². The van der Waals surface area contributed by atoms with E-state index in [-0.39, 0.29) is 0 Å².